The lowest BCUT2D eigenvalue weighted by molar-refractivity contribution is 0.0523. The summed E-state index contributed by atoms with van der Waals surface area (Å²) < 4.78 is 6.05. The standard InChI is InChI=1S/C15H13IO3S/c1-2-19-15(18)13-8-7-12(9-14(13)17)20-11-5-3-10(16)4-6-11/h3-9,17H,2H2,1H3. The number of benzene rings is 2. The van der Waals surface area contributed by atoms with Crippen molar-refractivity contribution in [1.29, 1.82) is 0 Å². The summed E-state index contributed by atoms with van der Waals surface area (Å²) in [5.74, 6) is -0.560. The van der Waals surface area contributed by atoms with Gasteiger partial charge in [-0.05, 0) is 72.0 Å². The summed E-state index contributed by atoms with van der Waals surface area (Å²) in [6, 6.07) is 13.0. The maximum atomic E-state index is 11.6. The van der Waals surface area contributed by atoms with Gasteiger partial charge in [0.2, 0.25) is 0 Å². The van der Waals surface area contributed by atoms with Gasteiger partial charge in [0.15, 0.2) is 0 Å². The Morgan fingerprint density at radius 3 is 2.45 bits per heavy atom. The Morgan fingerprint density at radius 2 is 1.85 bits per heavy atom. The molecule has 3 nitrogen and oxygen atoms in total. The number of esters is 1. The van der Waals surface area contributed by atoms with E-state index in [0.717, 1.165) is 9.79 Å². The van der Waals surface area contributed by atoms with E-state index < -0.39 is 5.97 Å². The van der Waals surface area contributed by atoms with Gasteiger partial charge < -0.3 is 9.84 Å². The van der Waals surface area contributed by atoms with Gasteiger partial charge in [0.25, 0.3) is 0 Å². The second-order valence-electron chi connectivity index (χ2n) is 3.96. The highest BCUT2D eigenvalue weighted by Gasteiger charge is 2.12. The van der Waals surface area contributed by atoms with Crippen LogP contribution in [0.5, 0.6) is 5.75 Å². The maximum absolute atomic E-state index is 11.6. The Labute approximate surface area is 135 Å². The Morgan fingerprint density at radius 1 is 1.20 bits per heavy atom. The molecule has 0 bridgehead atoms. The summed E-state index contributed by atoms with van der Waals surface area (Å²) in [6.07, 6.45) is 0. The highest BCUT2D eigenvalue weighted by molar-refractivity contribution is 14.1. The molecule has 2 rings (SSSR count). The van der Waals surface area contributed by atoms with Gasteiger partial charge in [-0.3, -0.25) is 0 Å². The largest absolute Gasteiger partial charge is 0.507 e. The van der Waals surface area contributed by atoms with Crippen LogP contribution in [-0.2, 0) is 4.74 Å². The van der Waals surface area contributed by atoms with Crippen LogP contribution in [0.25, 0.3) is 0 Å². The van der Waals surface area contributed by atoms with Crippen LogP contribution in [0.1, 0.15) is 17.3 Å². The van der Waals surface area contributed by atoms with E-state index in [1.54, 1.807) is 25.1 Å². The molecule has 0 saturated heterocycles. The number of rotatable bonds is 4. The van der Waals surface area contributed by atoms with Gasteiger partial charge in [-0.15, -0.1) is 0 Å². The van der Waals surface area contributed by atoms with Gasteiger partial charge in [0, 0.05) is 13.4 Å². The molecule has 0 amide bonds. The lowest BCUT2D eigenvalue weighted by atomic mass is 10.2. The summed E-state index contributed by atoms with van der Waals surface area (Å²) in [7, 11) is 0. The second kappa shape index (κ2) is 6.99. The van der Waals surface area contributed by atoms with E-state index in [9.17, 15) is 9.90 Å². The third-order valence-corrected chi connectivity index (χ3v) is 4.23. The van der Waals surface area contributed by atoms with Crippen molar-refractivity contribution in [2.45, 2.75) is 16.7 Å². The molecule has 0 aliphatic heterocycles. The van der Waals surface area contributed by atoms with Crippen LogP contribution >= 0.6 is 34.4 Å². The third-order valence-electron chi connectivity index (χ3n) is 2.51. The summed E-state index contributed by atoms with van der Waals surface area (Å²) in [4.78, 5) is 13.5. The molecule has 104 valence electrons. The van der Waals surface area contributed by atoms with Crippen LogP contribution in [-0.4, -0.2) is 17.7 Å². The summed E-state index contributed by atoms with van der Waals surface area (Å²) >= 11 is 3.78. The number of phenols is 1. The molecule has 0 fully saturated rings. The topological polar surface area (TPSA) is 46.5 Å². The van der Waals surface area contributed by atoms with Crippen molar-refractivity contribution in [3.63, 3.8) is 0 Å². The number of phenolic OH excluding ortho intramolecular Hbond substituents is 1. The molecule has 20 heavy (non-hydrogen) atoms. The number of halogens is 1. The van der Waals surface area contributed by atoms with Crippen LogP contribution in [0.2, 0.25) is 0 Å². The lowest BCUT2D eigenvalue weighted by Gasteiger charge is -2.07. The van der Waals surface area contributed by atoms with Crippen molar-refractivity contribution < 1.29 is 14.6 Å². The molecule has 0 spiro atoms. The lowest BCUT2D eigenvalue weighted by Crippen LogP contribution is -2.04. The van der Waals surface area contributed by atoms with E-state index in [2.05, 4.69) is 22.6 Å². The third kappa shape index (κ3) is 3.89. The SMILES string of the molecule is CCOC(=O)c1ccc(Sc2ccc(I)cc2)cc1O. The fourth-order valence-electron chi connectivity index (χ4n) is 1.60. The van der Waals surface area contributed by atoms with Gasteiger partial charge in [-0.25, -0.2) is 4.79 Å². The first kappa shape index (κ1) is 15.2. The van der Waals surface area contributed by atoms with Crippen LogP contribution in [0.4, 0.5) is 0 Å². The van der Waals surface area contributed by atoms with Gasteiger partial charge >= 0.3 is 5.97 Å². The van der Waals surface area contributed by atoms with Crippen molar-refractivity contribution in [2.24, 2.45) is 0 Å². The maximum Gasteiger partial charge on any atom is 0.341 e. The van der Waals surface area contributed by atoms with Crippen molar-refractivity contribution in [3.8, 4) is 5.75 Å². The fourth-order valence-corrected chi connectivity index (χ4v) is 2.81. The molecule has 1 N–H and O–H groups in total. The van der Waals surface area contributed by atoms with Crippen molar-refractivity contribution in [2.75, 3.05) is 6.61 Å². The van der Waals surface area contributed by atoms with Crippen LogP contribution < -0.4 is 0 Å². The molecule has 0 aliphatic carbocycles. The van der Waals surface area contributed by atoms with E-state index in [1.807, 2.05) is 24.3 Å². The molecule has 0 atom stereocenters. The van der Waals surface area contributed by atoms with E-state index >= 15 is 0 Å². The minimum absolute atomic E-state index is 0.0565. The number of carbonyl (C=O) groups excluding carboxylic acids is 1. The van der Waals surface area contributed by atoms with E-state index in [4.69, 9.17) is 4.74 Å². The zero-order chi connectivity index (χ0) is 14.5. The number of hydrogen-bond donors (Lipinski definition) is 1. The van der Waals surface area contributed by atoms with E-state index in [-0.39, 0.29) is 17.9 Å². The number of aromatic hydroxyl groups is 1. The molecule has 0 aromatic heterocycles. The summed E-state index contributed by atoms with van der Waals surface area (Å²) in [6.45, 7) is 2.02. The van der Waals surface area contributed by atoms with Crippen LogP contribution in [0.3, 0.4) is 0 Å². The zero-order valence-electron chi connectivity index (χ0n) is 10.8. The van der Waals surface area contributed by atoms with E-state index in [0.29, 0.717) is 0 Å². The molecule has 0 aliphatic rings. The molecular formula is C15H13IO3S. The number of carbonyl (C=O) groups is 1. The summed E-state index contributed by atoms with van der Waals surface area (Å²) in [5.41, 5.74) is 0.193. The van der Waals surface area contributed by atoms with E-state index in [1.165, 1.54) is 15.3 Å². The normalized spacial score (nSPS) is 10.3. The van der Waals surface area contributed by atoms with Crippen LogP contribution in [0, 0.1) is 3.57 Å². The molecule has 5 heteroatoms. The molecule has 0 radical (unpaired) electrons. The van der Waals surface area contributed by atoms with Gasteiger partial charge in [0.1, 0.15) is 11.3 Å². The Hall–Kier alpha value is -1.21. The average molecular weight is 400 g/mol. The monoisotopic (exact) mass is 400 g/mol. The molecule has 0 heterocycles. The van der Waals surface area contributed by atoms with Gasteiger partial charge in [0.05, 0.1) is 6.61 Å². The second-order valence-corrected chi connectivity index (χ2v) is 6.35. The molecule has 2 aromatic rings. The number of ether oxygens (including phenoxy) is 1. The van der Waals surface area contributed by atoms with Crippen molar-refractivity contribution in [1.82, 2.24) is 0 Å². The molecule has 0 saturated carbocycles. The smallest absolute Gasteiger partial charge is 0.341 e. The van der Waals surface area contributed by atoms with Crippen LogP contribution in [0.15, 0.2) is 52.3 Å². The fraction of sp³-hybridized carbons (Fsp3) is 0.133. The van der Waals surface area contributed by atoms with Crippen molar-refractivity contribution in [3.05, 3.63) is 51.6 Å². The first-order valence-corrected chi connectivity index (χ1v) is 7.93. The highest BCUT2D eigenvalue weighted by Crippen LogP contribution is 2.32. The molecule has 2 aromatic carbocycles. The number of hydrogen-bond acceptors (Lipinski definition) is 4. The predicted octanol–water partition coefficient (Wildman–Crippen LogP) is 4.32. The van der Waals surface area contributed by atoms with Gasteiger partial charge in [-0.1, -0.05) is 11.8 Å². The summed E-state index contributed by atoms with van der Waals surface area (Å²) in [5, 5.41) is 9.90. The highest BCUT2D eigenvalue weighted by atomic mass is 127. The zero-order valence-corrected chi connectivity index (χ0v) is 13.8. The quantitative estimate of drug-likeness (QED) is 0.613. The Bertz CT molecular complexity index is 611. The first-order chi connectivity index (χ1) is 9.60. The first-order valence-electron chi connectivity index (χ1n) is 6.03. The average Bonchev–Trinajstić information content (AvgIpc) is 2.42. The Balaban J connectivity index is 2.16. The van der Waals surface area contributed by atoms with Gasteiger partial charge in [-0.2, -0.15) is 0 Å². The Kier molecular flexibility index (Phi) is 5.31. The minimum atomic E-state index is -0.504. The predicted molar refractivity (Wildman–Crippen MR) is 87.3 cm³/mol. The van der Waals surface area contributed by atoms with Crippen molar-refractivity contribution >= 4 is 40.3 Å². The molecule has 0 unspecified atom stereocenters. The minimum Gasteiger partial charge on any atom is -0.507 e. The molecular weight excluding hydrogens is 387 g/mol.